The van der Waals surface area contributed by atoms with Gasteiger partial charge in [0.1, 0.15) is 0 Å². The Morgan fingerprint density at radius 1 is 1.12 bits per heavy atom. The van der Waals surface area contributed by atoms with E-state index in [1.54, 1.807) is 18.2 Å². The van der Waals surface area contributed by atoms with Crippen LogP contribution in [0, 0.1) is 3.57 Å². The minimum atomic E-state index is -0.479. The maximum absolute atomic E-state index is 12.1. The first kappa shape index (κ1) is 15.6. The van der Waals surface area contributed by atoms with E-state index in [0.29, 0.717) is 17.4 Å². The number of hydrogen-bond acceptors (Lipinski definition) is 5. The zero-order valence-corrected chi connectivity index (χ0v) is 15.8. The smallest absolute Gasteiger partial charge is 0.363 e. The lowest BCUT2D eigenvalue weighted by molar-refractivity contribution is -0.129. The van der Waals surface area contributed by atoms with Crippen molar-refractivity contribution in [1.82, 2.24) is 0 Å². The average molecular weight is 498 g/mol. The molecule has 0 radical (unpaired) electrons. The number of cyclic esters (lactones) is 1. The summed E-state index contributed by atoms with van der Waals surface area (Å²) in [5.41, 5.74) is 1.76. The number of esters is 1. The minimum Gasteiger partial charge on any atom is -0.454 e. The molecule has 0 aromatic heterocycles. The van der Waals surface area contributed by atoms with Gasteiger partial charge in [0.2, 0.25) is 12.7 Å². The molecule has 120 valence electrons. The Balaban J connectivity index is 1.70. The van der Waals surface area contributed by atoms with Crippen molar-refractivity contribution in [3.05, 3.63) is 61.3 Å². The monoisotopic (exact) mass is 497 g/mol. The third-order valence-electron chi connectivity index (χ3n) is 3.50. The Hall–Kier alpha value is -1.87. The van der Waals surface area contributed by atoms with Crippen LogP contribution in [0.5, 0.6) is 11.5 Å². The molecule has 5 nitrogen and oxygen atoms in total. The summed E-state index contributed by atoms with van der Waals surface area (Å²) in [7, 11) is 0. The highest BCUT2D eigenvalue weighted by Crippen LogP contribution is 2.38. The zero-order valence-electron chi connectivity index (χ0n) is 12.1. The van der Waals surface area contributed by atoms with Gasteiger partial charge in [-0.1, -0.05) is 15.9 Å². The fraction of sp³-hybridized carbons (Fsp3) is 0.0588. The highest BCUT2D eigenvalue weighted by molar-refractivity contribution is 14.1. The van der Waals surface area contributed by atoms with Gasteiger partial charge in [-0.3, -0.25) is 0 Å². The third kappa shape index (κ3) is 2.93. The molecule has 2 aromatic carbocycles. The van der Waals surface area contributed by atoms with E-state index in [2.05, 4.69) is 43.5 Å². The summed E-state index contributed by atoms with van der Waals surface area (Å²) in [5.74, 6) is 1.13. The van der Waals surface area contributed by atoms with E-state index in [-0.39, 0.29) is 12.5 Å². The lowest BCUT2D eigenvalue weighted by Crippen LogP contribution is -2.05. The highest BCUT2D eigenvalue weighted by atomic mass is 127. The number of nitrogens with zero attached hydrogens (tertiary/aromatic N) is 1. The van der Waals surface area contributed by atoms with Gasteiger partial charge in [0.05, 0.1) is 0 Å². The summed E-state index contributed by atoms with van der Waals surface area (Å²) in [6, 6.07) is 11.2. The number of benzene rings is 2. The number of ether oxygens (including phenoxy) is 3. The average Bonchev–Trinajstić information content (AvgIpc) is 3.15. The van der Waals surface area contributed by atoms with Crippen molar-refractivity contribution < 1.29 is 19.0 Å². The van der Waals surface area contributed by atoms with Crippen LogP contribution in [0.25, 0.3) is 6.08 Å². The number of carbonyl (C=O) groups is 1. The Morgan fingerprint density at radius 2 is 1.83 bits per heavy atom. The van der Waals surface area contributed by atoms with Crippen molar-refractivity contribution in [3.63, 3.8) is 0 Å². The number of halogens is 2. The van der Waals surface area contributed by atoms with Gasteiger partial charge < -0.3 is 14.2 Å². The SMILES string of the molecule is O=C1OC(c2ccc(I)cc2)=N/C1=C\c1cc2c(cc1Br)OCO2. The van der Waals surface area contributed by atoms with E-state index in [4.69, 9.17) is 14.2 Å². The fourth-order valence-electron chi connectivity index (χ4n) is 2.32. The molecule has 0 atom stereocenters. The molecule has 0 saturated carbocycles. The number of rotatable bonds is 2. The van der Waals surface area contributed by atoms with Gasteiger partial charge in [0, 0.05) is 13.6 Å². The molecule has 2 aliphatic heterocycles. The molecule has 2 heterocycles. The van der Waals surface area contributed by atoms with Gasteiger partial charge in [0.15, 0.2) is 17.2 Å². The summed E-state index contributed by atoms with van der Waals surface area (Å²) in [6.45, 7) is 0.193. The number of hydrogen-bond donors (Lipinski definition) is 0. The molecule has 7 heteroatoms. The minimum absolute atomic E-state index is 0.193. The summed E-state index contributed by atoms with van der Waals surface area (Å²) in [6.07, 6.45) is 1.66. The first-order chi connectivity index (χ1) is 11.6. The molecular formula is C17H9BrINO4. The van der Waals surface area contributed by atoms with Crippen LogP contribution < -0.4 is 9.47 Å². The molecule has 0 unspecified atom stereocenters. The van der Waals surface area contributed by atoms with Crippen LogP contribution in [0.2, 0.25) is 0 Å². The van der Waals surface area contributed by atoms with Crippen molar-refractivity contribution in [2.75, 3.05) is 6.79 Å². The molecule has 0 spiro atoms. The standard InChI is InChI=1S/C17H9BrINO4/c18-12-7-15-14(22-8-23-15)6-10(12)5-13-17(21)24-16(20-13)9-1-3-11(19)4-2-9/h1-7H,8H2/b13-5-. The van der Waals surface area contributed by atoms with E-state index < -0.39 is 5.97 Å². The summed E-state index contributed by atoms with van der Waals surface area (Å²) < 4.78 is 17.8. The summed E-state index contributed by atoms with van der Waals surface area (Å²) in [4.78, 5) is 16.4. The third-order valence-corrected chi connectivity index (χ3v) is 4.90. The zero-order chi connectivity index (χ0) is 16.7. The van der Waals surface area contributed by atoms with Crippen molar-refractivity contribution in [1.29, 1.82) is 0 Å². The predicted molar refractivity (Wildman–Crippen MR) is 100 cm³/mol. The van der Waals surface area contributed by atoms with Crippen molar-refractivity contribution in [2.24, 2.45) is 4.99 Å². The molecule has 0 saturated heterocycles. The first-order valence-electron chi connectivity index (χ1n) is 6.98. The quantitative estimate of drug-likeness (QED) is 0.355. The lowest BCUT2D eigenvalue weighted by Gasteiger charge is -2.02. The Labute approximate surface area is 159 Å². The largest absolute Gasteiger partial charge is 0.454 e. The lowest BCUT2D eigenvalue weighted by atomic mass is 10.1. The molecular weight excluding hydrogens is 489 g/mol. The van der Waals surface area contributed by atoms with Gasteiger partial charge in [0.25, 0.3) is 0 Å². The molecule has 4 rings (SSSR count). The summed E-state index contributed by atoms with van der Waals surface area (Å²) in [5, 5.41) is 0. The Kier molecular flexibility index (Phi) is 4.05. The van der Waals surface area contributed by atoms with Gasteiger partial charge in [-0.25, -0.2) is 9.79 Å². The molecule has 24 heavy (non-hydrogen) atoms. The second-order valence-electron chi connectivity index (χ2n) is 5.07. The Morgan fingerprint density at radius 3 is 2.58 bits per heavy atom. The van der Waals surface area contributed by atoms with Gasteiger partial charge in [-0.2, -0.15) is 0 Å². The maximum Gasteiger partial charge on any atom is 0.363 e. The van der Waals surface area contributed by atoms with E-state index in [1.165, 1.54) is 0 Å². The molecule has 2 aromatic rings. The second kappa shape index (κ2) is 6.21. The maximum atomic E-state index is 12.1. The van der Waals surface area contributed by atoms with Crippen molar-refractivity contribution in [2.45, 2.75) is 0 Å². The van der Waals surface area contributed by atoms with Crippen molar-refractivity contribution >= 4 is 56.5 Å². The van der Waals surface area contributed by atoms with Gasteiger partial charge in [-0.05, 0) is 70.6 Å². The van der Waals surface area contributed by atoms with E-state index >= 15 is 0 Å². The van der Waals surface area contributed by atoms with Crippen LogP contribution in [-0.4, -0.2) is 18.7 Å². The van der Waals surface area contributed by atoms with Gasteiger partial charge >= 0.3 is 5.97 Å². The van der Waals surface area contributed by atoms with E-state index in [1.807, 2.05) is 24.3 Å². The molecule has 0 N–H and O–H groups in total. The predicted octanol–water partition coefficient (Wildman–Crippen LogP) is 4.13. The molecule has 0 fully saturated rings. The molecule has 0 aliphatic carbocycles. The fourth-order valence-corrected chi connectivity index (χ4v) is 3.11. The van der Waals surface area contributed by atoms with E-state index in [9.17, 15) is 4.79 Å². The van der Waals surface area contributed by atoms with Gasteiger partial charge in [-0.15, -0.1) is 0 Å². The van der Waals surface area contributed by atoms with Crippen LogP contribution in [0.3, 0.4) is 0 Å². The first-order valence-corrected chi connectivity index (χ1v) is 8.85. The van der Waals surface area contributed by atoms with E-state index in [0.717, 1.165) is 19.2 Å². The topological polar surface area (TPSA) is 57.1 Å². The van der Waals surface area contributed by atoms with Crippen LogP contribution in [0.15, 0.2) is 51.6 Å². The Bertz CT molecular complexity index is 906. The molecule has 2 aliphatic rings. The summed E-state index contributed by atoms with van der Waals surface area (Å²) >= 11 is 5.68. The number of aliphatic imine (C=N–C) groups is 1. The second-order valence-corrected chi connectivity index (χ2v) is 7.17. The van der Waals surface area contributed by atoms with Crippen LogP contribution >= 0.6 is 38.5 Å². The van der Waals surface area contributed by atoms with Crippen molar-refractivity contribution in [3.8, 4) is 11.5 Å². The molecule has 0 amide bonds. The van der Waals surface area contributed by atoms with Crippen LogP contribution in [0.4, 0.5) is 0 Å². The number of fused-ring (bicyclic) bond motifs is 1. The van der Waals surface area contributed by atoms with Crippen LogP contribution in [-0.2, 0) is 9.53 Å². The van der Waals surface area contributed by atoms with Crippen LogP contribution in [0.1, 0.15) is 11.1 Å². The number of carbonyl (C=O) groups excluding carboxylic acids is 1. The molecule has 0 bridgehead atoms. The normalized spacial score (nSPS) is 17.2. The highest BCUT2D eigenvalue weighted by Gasteiger charge is 2.25.